The smallest absolute Gasteiger partial charge is 0.223 e. The zero-order chi connectivity index (χ0) is 16.2. The Morgan fingerprint density at radius 1 is 1.22 bits per heavy atom. The van der Waals surface area contributed by atoms with E-state index >= 15 is 0 Å². The van der Waals surface area contributed by atoms with E-state index in [9.17, 15) is 4.79 Å². The number of thioether (sulfide) groups is 1. The molecule has 2 fully saturated rings. The standard InChI is InChI=1S/C17H28N4OS/c1-13-14(2)18-19-16(13)3-4-17(22)21-9-7-20(8-10-21)15-5-11-23-12-6-15/h15H,3-12H2,1-2H3,(H,18,19). The van der Waals surface area contributed by atoms with Crippen LogP contribution < -0.4 is 0 Å². The van der Waals surface area contributed by atoms with Crippen LogP contribution in [-0.4, -0.2) is 69.6 Å². The third kappa shape index (κ3) is 4.10. The quantitative estimate of drug-likeness (QED) is 0.914. The maximum absolute atomic E-state index is 12.4. The number of nitrogens with one attached hydrogen (secondary N) is 1. The highest BCUT2D eigenvalue weighted by Crippen LogP contribution is 2.23. The van der Waals surface area contributed by atoms with E-state index in [1.54, 1.807) is 0 Å². The summed E-state index contributed by atoms with van der Waals surface area (Å²) in [6, 6.07) is 0.753. The molecule has 2 saturated heterocycles. The normalized spacial score (nSPS) is 20.9. The molecule has 0 spiro atoms. The van der Waals surface area contributed by atoms with Crippen molar-refractivity contribution in [1.29, 1.82) is 0 Å². The van der Waals surface area contributed by atoms with Crippen LogP contribution in [0.4, 0.5) is 0 Å². The van der Waals surface area contributed by atoms with Gasteiger partial charge in [0, 0.05) is 50.8 Å². The summed E-state index contributed by atoms with van der Waals surface area (Å²) in [5, 5.41) is 7.30. The van der Waals surface area contributed by atoms with Crippen LogP contribution in [0.5, 0.6) is 0 Å². The fraction of sp³-hybridized carbons (Fsp3) is 0.765. The van der Waals surface area contributed by atoms with Crippen molar-refractivity contribution >= 4 is 17.7 Å². The minimum absolute atomic E-state index is 0.281. The summed E-state index contributed by atoms with van der Waals surface area (Å²) >= 11 is 2.08. The van der Waals surface area contributed by atoms with Gasteiger partial charge in [-0.3, -0.25) is 14.8 Å². The molecule has 2 aliphatic rings. The number of piperazine rings is 1. The molecule has 1 aromatic rings. The number of hydrogen-bond donors (Lipinski definition) is 1. The van der Waals surface area contributed by atoms with Gasteiger partial charge in [0.1, 0.15) is 0 Å². The van der Waals surface area contributed by atoms with Gasteiger partial charge in [0.2, 0.25) is 5.91 Å². The number of hydrogen-bond acceptors (Lipinski definition) is 4. The van der Waals surface area contributed by atoms with Gasteiger partial charge in [0.25, 0.3) is 0 Å². The first-order valence-corrected chi connectivity index (χ1v) is 9.90. The zero-order valence-electron chi connectivity index (χ0n) is 14.3. The lowest BCUT2D eigenvalue weighted by Crippen LogP contribution is -2.52. The molecule has 2 aliphatic heterocycles. The van der Waals surface area contributed by atoms with E-state index in [0.29, 0.717) is 6.42 Å². The molecule has 0 saturated carbocycles. The Balaban J connectivity index is 1.43. The lowest BCUT2D eigenvalue weighted by atomic mass is 10.1. The van der Waals surface area contributed by atoms with Gasteiger partial charge in [-0.05, 0) is 43.8 Å². The van der Waals surface area contributed by atoms with Gasteiger partial charge >= 0.3 is 0 Å². The van der Waals surface area contributed by atoms with Gasteiger partial charge in [0.15, 0.2) is 0 Å². The number of aryl methyl sites for hydroxylation is 2. The third-order valence-electron chi connectivity index (χ3n) is 5.30. The fourth-order valence-corrected chi connectivity index (χ4v) is 4.63. The van der Waals surface area contributed by atoms with Gasteiger partial charge in [-0.15, -0.1) is 0 Å². The average molecular weight is 337 g/mol. The van der Waals surface area contributed by atoms with Crippen molar-refractivity contribution in [3.63, 3.8) is 0 Å². The van der Waals surface area contributed by atoms with Crippen molar-refractivity contribution in [2.75, 3.05) is 37.7 Å². The van der Waals surface area contributed by atoms with Gasteiger partial charge in [0.05, 0.1) is 5.69 Å². The molecule has 1 amide bonds. The molecule has 6 heteroatoms. The Morgan fingerprint density at radius 2 is 1.91 bits per heavy atom. The van der Waals surface area contributed by atoms with Crippen molar-refractivity contribution in [1.82, 2.24) is 20.0 Å². The molecule has 0 radical (unpaired) electrons. The van der Waals surface area contributed by atoms with Crippen molar-refractivity contribution in [2.45, 2.75) is 45.6 Å². The predicted octanol–water partition coefficient (Wildman–Crippen LogP) is 2.00. The average Bonchev–Trinajstić information content (AvgIpc) is 2.92. The Kier molecular flexibility index (Phi) is 5.64. The van der Waals surface area contributed by atoms with E-state index in [0.717, 1.165) is 50.0 Å². The molecular weight excluding hydrogens is 308 g/mol. The summed E-state index contributed by atoms with van der Waals surface area (Å²) < 4.78 is 0. The van der Waals surface area contributed by atoms with Crippen LogP contribution in [0.2, 0.25) is 0 Å². The second-order valence-electron chi connectivity index (χ2n) is 6.68. The number of carbonyl (C=O) groups excluding carboxylic acids is 1. The number of carbonyl (C=O) groups is 1. The number of aromatic nitrogens is 2. The molecule has 128 valence electrons. The van der Waals surface area contributed by atoms with Gasteiger partial charge < -0.3 is 4.90 Å². The lowest BCUT2D eigenvalue weighted by Gasteiger charge is -2.40. The van der Waals surface area contributed by atoms with Gasteiger partial charge in [-0.2, -0.15) is 16.9 Å². The first kappa shape index (κ1) is 16.8. The van der Waals surface area contributed by atoms with E-state index in [-0.39, 0.29) is 5.91 Å². The second-order valence-corrected chi connectivity index (χ2v) is 7.91. The van der Waals surface area contributed by atoms with Crippen LogP contribution in [0.15, 0.2) is 0 Å². The zero-order valence-corrected chi connectivity index (χ0v) is 15.1. The largest absolute Gasteiger partial charge is 0.340 e. The minimum Gasteiger partial charge on any atom is -0.340 e. The number of aromatic amines is 1. The molecule has 0 aliphatic carbocycles. The highest BCUT2D eigenvalue weighted by atomic mass is 32.2. The van der Waals surface area contributed by atoms with Crippen LogP contribution >= 0.6 is 11.8 Å². The molecule has 0 unspecified atom stereocenters. The highest BCUT2D eigenvalue weighted by molar-refractivity contribution is 7.99. The number of amides is 1. The maximum Gasteiger partial charge on any atom is 0.223 e. The van der Waals surface area contributed by atoms with Crippen LogP contribution in [0.1, 0.15) is 36.2 Å². The molecule has 3 rings (SSSR count). The Bertz CT molecular complexity index is 531. The fourth-order valence-electron chi connectivity index (χ4n) is 3.55. The molecule has 0 aromatic carbocycles. The second kappa shape index (κ2) is 7.71. The van der Waals surface area contributed by atoms with Crippen LogP contribution in [0, 0.1) is 13.8 Å². The van der Waals surface area contributed by atoms with Gasteiger partial charge in [-0.1, -0.05) is 0 Å². The van der Waals surface area contributed by atoms with Crippen molar-refractivity contribution in [3.8, 4) is 0 Å². The highest BCUT2D eigenvalue weighted by Gasteiger charge is 2.27. The molecular formula is C17H28N4OS. The van der Waals surface area contributed by atoms with E-state index in [1.807, 2.05) is 11.8 Å². The summed E-state index contributed by atoms with van der Waals surface area (Å²) in [7, 11) is 0. The minimum atomic E-state index is 0.281. The van der Waals surface area contributed by atoms with Crippen molar-refractivity contribution in [3.05, 3.63) is 17.0 Å². The number of nitrogens with zero attached hydrogens (tertiary/aromatic N) is 3. The lowest BCUT2D eigenvalue weighted by molar-refractivity contribution is -0.133. The molecule has 0 atom stereocenters. The maximum atomic E-state index is 12.4. The predicted molar refractivity (Wildman–Crippen MR) is 94.9 cm³/mol. The molecule has 1 aromatic heterocycles. The summed E-state index contributed by atoms with van der Waals surface area (Å²) in [4.78, 5) is 17.1. The Morgan fingerprint density at radius 3 is 2.52 bits per heavy atom. The Hall–Kier alpha value is -1.01. The van der Waals surface area contributed by atoms with E-state index in [2.05, 4.69) is 33.8 Å². The SMILES string of the molecule is Cc1[nH]nc(CCC(=O)N2CCN(C3CCSCC3)CC2)c1C. The number of rotatable bonds is 4. The van der Waals surface area contributed by atoms with Crippen LogP contribution in [0.3, 0.4) is 0 Å². The third-order valence-corrected chi connectivity index (χ3v) is 6.35. The first-order chi connectivity index (χ1) is 11.1. The number of H-pyrrole nitrogens is 1. The molecule has 1 N–H and O–H groups in total. The summed E-state index contributed by atoms with van der Waals surface area (Å²) in [6.07, 6.45) is 3.95. The summed E-state index contributed by atoms with van der Waals surface area (Å²) in [6.45, 7) is 7.96. The van der Waals surface area contributed by atoms with Gasteiger partial charge in [-0.25, -0.2) is 0 Å². The first-order valence-electron chi connectivity index (χ1n) is 8.75. The van der Waals surface area contributed by atoms with E-state index in [1.165, 1.54) is 29.9 Å². The summed E-state index contributed by atoms with van der Waals surface area (Å²) in [5.74, 6) is 2.88. The summed E-state index contributed by atoms with van der Waals surface area (Å²) in [5.41, 5.74) is 3.33. The topological polar surface area (TPSA) is 52.2 Å². The monoisotopic (exact) mass is 336 g/mol. The van der Waals surface area contributed by atoms with Crippen molar-refractivity contribution in [2.24, 2.45) is 0 Å². The molecule has 5 nitrogen and oxygen atoms in total. The van der Waals surface area contributed by atoms with Crippen LogP contribution in [-0.2, 0) is 11.2 Å². The molecule has 3 heterocycles. The van der Waals surface area contributed by atoms with E-state index < -0.39 is 0 Å². The molecule has 23 heavy (non-hydrogen) atoms. The molecule has 0 bridgehead atoms. The van der Waals surface area contributed by atoms with Crippen LogP contribution in [0.25, 0.3) is 0 Å². The Labute approximate surface area is 143 Å². The van der Waals surface area contributed by atoms with Crippen molar-refractivity contribution < 1.29 is 4.79 Å². The van der Waals surface area contributed by atoms with E-state index in [4.69, 9.17) is 0 Å².